The first-order valence-electron chi connectivity index (χ1n) is 8.69. The van der Waals surface area contributed by atoms with Crippen LogP contribution in [-0.4, -0.2) is 34.2 Å². The van der Waals surface area contributed by atoms with Crippen LogP contribution in [0.2, 0.25) is 10.0 Å². The summed E-state index contributed by atoms with van der Waals surface area (Å²) in [4.78, 5) is 37.9. The van der Waals surface area contributed by atoms with Crippen LogP contribution in [0.25, 0.3) is 0 Å². The minimum absolute atomic E-state index is 0.0262. The smallest absolute Gasteiger partial charge is 0.282 e. The van der Waals surface area contributed by atoms with Crippen molar-refractivity contribution in [2.24, 2.45) is 0 Å². The van der Waals surface area contributed by atoms with Crippen molar-refractivity contribution >= 4 is 46.4 Å². The van der Waals surface area contributed by atoms with Gasteiger partial charge in [-0.05, 0) is 43.5 Å². The van der Waals surface area contributed by atoms with Gasteiger partial charge in [0.2, 0.25) is 5.91 Å². The van der Waals surface area contributed by atoms with Gasteiger partial charge in [0.05, 0.1) is 15.0 Å². The van der Waals surface area contributed by atoms with Crippen molar-refractivity contribution in [3.8, 4) is 0 Å². The van der Waals surface area contributed by atoms with Crippen molar-refractivity contribution in [1.82, 2.24) is 4.90 Å². The maximum Gasteiger partial charge on any atom is 0.282 e. The Balaban J connectivity index is 1.84. The first-order valence-corrected chi connectivity index (χ1v) is 9.44. The van der Waals surface area contributed by atoms with Gasteiger partial charge >= 0.3 is 0 Å². The molecule has 9 heteroatoms. The predicted octanol–water partition coefficient (Wildman–Crippen LogP) is 4.54. The fourth-order valence-electron chi connectivity index (χ4n) is 3.22. The molecular weight excluding hydrogens is 405 g/mol. The van der Waals surface area contributed by atoms with Crippen LogP contribution in [0.4, 0.5) is 11.4 Å². The zero-order valence-electron chi connectivity index (χ0n) is 14.7. The molecule has 1 saturated heterocycles. The number of likely N-dealkylation sites (tertiary alicyclic amines) is 1. The van der Waals surface area contributed by atoms with Gasteiger partial charge in [-0.25, -0.2) is 0 Å². The molecule has 1 N–H and O–H groups in total. The Bertz CT molecular complexity index is 935. The molecular formula is C19H17Cl2N3O4. The zero-order valence-corrected chi connectivity index (χ0v) is 16.2. The lowest BCUT2D eigenvalue weighted by atomic mass is 9.99. The van der Waals surface area contributed by atoms with Crippen molar-refractivity contribution in [1.29, 1.82) is 0 Å². The molecule has 1 fully saturated rings. The highest BCUT2D eigenvalue weighted by Crippen LogP contribution is 2.27. The van der Waals surface area contributed by atoms with Crippen molar-refractivity contribution in [3.63, 3.8) is 0 Å². The maximum atomic E-state index is 13.0. The first-order chi connectivity index (χ1) is 13.4. The molecule has 1 atom stereocenters. The summed E-state index contributed by atoms with van der Waals surface area (Å²) in [5, 5.41) is 14.7. The van der Waals surface area contributed by atoms with E-state index in [9.17, 15) is 19.7 Å². The van der Waals surface area contributed by atoms with Crippen LogP contribution in [0, 0.1) is 10.1 Å². The normalized spacial score (nSPS) is 16.5. The fraction of sp³-hybridized carbons (Fsp3) is 0.263. The van der Waals surface area contributed by atoms with Crippen molar-refractivity contribution in [3.05, 3.63) is 68.2 Å². The maximum absolute atomic E-state index is 13.0. The van der Waals surface area contributed by atoms with E-state index >= 15 is 0 Å². The highest BCUT2D eigenvalue weighted by Gasteiger charge is 2.35. The van der Waals surface area contributed by atoms with E-state index in [0.29, 0.717) is 28.7 Å². The molecule has 0 unspecified atom stereocenters. The number of nitrogens with one attached hydrogen (secondary N) is 1. The Hall–Kier alpha value is -2.64. The number of anilines is 1. The molecule has 146 valence electrons. The summed E-state index contributed by atoms with van der Waals surface area (Å²) in [5.74, 6) is -0.897. The number of nitro groups is 1. The molecule has 28 heavy (non-hydrogen) atoms. The van der Waals surface area contributed by atoms with Crippen LogP contribution in [0.5, 0.6) is 0 Å². The van der Waals surface area contributed by atoms with E-state index in [4.69, 9.17) is 23.2 Å². The third-order valence-electron chi connectivity index (χ3n) is 4.58. The Kier molecular flexibility index (Phi) is 6.16. The van der Waals surface area contributed by atoms with Gasteiger partial charge in [0.25, 0.3) is 11.6 Å². The average molecular weight is 422 g/mol. The molecule has 2 amide bonds. The van der Waals surface area contributed by atoms with E-state index in [1.54, 1.807) is 18.2 Å². The number of hydrogen-bond acceptors (Lipinski definition) is 4. The van der Waals surface area contributed by atoms with Gasteiger partial charge in [-0.15, -0.1) is 0 Å². The third-order valence-corrected chi connectivity index (χ3v) is 5.32. The van der Waals surface area contributed by atoms with E-state index in [0.717, 1.165) is 12.8 Å². The second-order valence-electron chi connectivity index (χ2n) is 6.40. The van der Waals surface area contributed by atoms with Gasteiger partial charge in [0.15, 0.2) is 0 Å². The van der Waals surface area contributed by atoms with Crippen molar-refractivity contribution < 1.29 is 14.5 Å². The monoisotopic (exact) mass is 421 g/mol. The molecule has 0 aromatic heterocycles. The second kappa shape index (κ2) is 8.58. The van der Waals surface area contributed by atoms with Crippen LogP contribution in [0.3, 0.4) is 0 Å². The number of hydrogen-bond donors (Lipinski definition) is 1. The SMILES string of the molecule is O=C(Nc1ccc(Cl)c(Cl)c1)[C@@H]1CCCCN1C(=O)c1ccccc1[N+](=O)[O-]. The van der Waals surface area contributed by atoms with Gasteiger partial charge in [-0.3, -0.25) is 19.7 Å². The minimum Gasteiger partial charge on any atom is -0.326 e. The van der Waals surface area contributed by atoms with E-state index in [1.807, 2.05) is 0 Å². The number of rotatable bonds is 4. The van der Waals surface area contributed by atoms with Crippen LogP contribution in [0.1, 0.15) is 29.6 Å². The lowest BCUT2D eigenvalue weighted by Gasteiger charge is -2.34. The molecule has 0 spiro atoms. The molecule has 1 aliphatic heterocycles. The summed E-state index contributed by atoms with van der Waals surface area (Å²) in [5.41, 5.74) is 0.159. The summed E-state index contributed by atoms with van der Waals surface area (Å²) in [6.07, 6.45) is 1.97. The number of carbonyl (C=O) groups is 2. The van der Waals surface area contributed by atoms with Crippen molar-refractivity contribution in [2.45, 2.75) is 25.3 Å². The third kappa shape index (κ3) is 4.26. The summed E-state index contributed by atoms with van der Waals surface area (Å²) in [6, 6.07) is 9.73. The van der Waals surface area contributed by atoms with Gasteiger partial charge in [0.1, 0.15) is 11.6 Å². The number of halogens is 2. The summed E-state index contributed by atoms with van der Waals surface area (Å²) in [7, 11) is 0. The number of nitrogens with zero attached hydrogens (tertiary/aromatic N) is 2. The van der Waals surface area contributed by atoms with Crippen LogP contribution in [0.15, 0.2) is 42.5 Å². The van der Waals surface area contributed by atoms with E-state index in [-0.39, 0.29) is 17.2 Å². The molecule has 0 radical (unpaired) electrons. The highest BCUT2D eigenvalue weighted by atomic mass is 35.5. The first kappa shape index (κ1) is 20.1. The van der Waals surface area contributed by atoms with E-state index in [2.05, 4.69) is 5.32 Å². The van der Waals surface area contributed by atoms with Gasteiger partial charge in [0, 0.05) is 18.3 Å². The molecule has 1 aliphatic rings. The molecule has 0 bridgehead atoms. The predicted molar refractivity (Wildman–Crippen MR) is 107 cm³/mol. The molecule has 1 heterocycles. The number of para-hydroxylation sites is 1. The molecule has 3 rings (SSSR count). The highest BCUT2D eigenvalue weighted by molar-refractivity contribution is 6.42. The lowest BCUT2D eigenvalue weighted by Crippen LogP contribution is -2.50. The van der Waals surface area contributed by atoms with Gasteiger partial charge in [-0.1, -0.05) is 35.3 Å². The molecule has 2 aromatic rings. The Labute approximate surface area is 171 Å². The number of nitro benzene ring substituents is 1. The average Bonchev–Trinajstić information content (AvgIpc) is 2.70. The standard InChI is InChI=1S/C19H17Cl2N3O4/c20-14-9-8-12(11-15(14)21)22-18(25)17-7-3-4-10-23(17)19(26)13-5-1-2-6-16(13)24(27)28/h1-2,5-6,8-9,11,17H,3-4,7,10H2,(H,22,25)/t17-/m0/s1. The molecule has 0 saturated carbocycles. The van der Waals surface area contributed by atoms with Crippen LogP contribution >= 0.6 is 23.2 Å². The number of carbonyl (C=O) groups excluding carboxylic acids is 2. The summed E-state index contributed by atoms with van der Waals surface area (Å²) < 4.78 is 0. The number of amides is 2. The van der Waals surface area contributed by atoms with E-state index in [1.165, 1.54) is 29.2 Å². The largest absolute Gasteiger partial charge is 0.326 e. The topological polar surface area (TPSA) is 92.6 Å². The molecule has 0 aliphatic carbocycles. The Morgan fingerprint density at radius 3 is 2.57 bits per heavy atom. The molecule has 2 aromatic carbocycles. The number of benzene rings is 2. The van der Waals surface area contributed by atoms with Crippen LogP contribution < -0.4 is 5.32 Å². The molecule has 7 nitrogen and oxygen atoms in total. The lowest BCUT2D eigenvalue weighted by molar-refractivity contribution is -0.385. The van der Waals surface area contributed by atoms with Crippen LogP contribution in [-0.2, 0) is 4.79 Å². The van der Waals surface area contributed by atoms with Crippen molar-refractivity contribution in [2.75, 3.05) is 11.9 Å². The Morgan fingerprint density at radius 2 is 1.86 bits per heavy atom. The van der Waals surface area contributed by atoms with Gasteiger partial charge in [-0.2, -0.15) is 0 Å². The fourth-order valence-corrected chi connectivity index (χ4v) is 3.51. The second-order valence-corrected chi connectivity index (χ2v) is 7.22. The quantitative estimate of drug-likeness (QED) is 0.579. The summed E-state index contributed by atoms with van der Waals surface area (Å²) >= 11 is 11.9. The summed E-state index contributed by atoms with van der Waals surface area (Å²) in [6.45, 7) is 0.352. The van der Waals surface area contributed by atoms with E-state index < -0.39 is 16.9 Å². The Morgan fingerprint density at radius 1 is 1.11 bits per heavy atom. The zero-order chi connectivity index (χ0) is 20.3. The number of piperidine rings is 1. The van der Waals surface area contributed by atoms with Gasteiger partial charge < -0.3 is 10.2 Å². The minimum atomic E-state index is -0.726.